The van der Waals surface area contributed by atoms with Crippen molar-refractivity contribution in [1.29, 1.82) is 0 Å². The summed E-state index contributed by atoms with van der Waals surface area (Å²) in [6.07, 6.45) is 0.916. The third-order valence-corrected chi connectivity index (χ3v) is 3.75. The molecule has 1 atom stereocenters. The van der Waals surface area contributed by atoms with Crippen LogP contribution in [0.5, 0.6) is 0 Å². The number of aromatic amines is 1. The molecule has 3 nitrogen and oxygen atoms in total. The van der Waals surface area contributed by atoms with Crippen LogP contribution in [-0.2, 0) is 13.5 Å². The summed E-state index contributed by atoms with van der Waals surface area (Å²) in [7, 11) is 1.70. The smallest absolute Gasteiger partial charge is 0.267 e. The second-order valence-electron chi connectivity index (χ2n) is 3.23. The van der Waals surface area contributed by atoms with E-state index in [9.17, 15) is 4.79 Å². The molecule has 2 rings (SSSR count). The molecule has 0 fully saturated rings. The molecule has 2 heterocycles. The molecule has 0 aromatic carbocycles. The number of thioether (sulfide) groups is 1. The van der Waals surface area contributed by atoms with Gasteiger partial charge in [-0.25, -0.2) is 0 Å². The molecule has 0 saturated carbocycles. The highest BCUT2D eigenvalue weighted by Gasteiger charge is 2.22. The van der Waals surface area contributed by atoms with E-state index in [-0.39, 0.29) is 5.56 Å². The fourth-order valence-electron chi connectivity index (χ4n) is 1.44. The molecule has 1 aliphatic heterocycles. The first kappa shape index (κ1) is 9.02. The molecule has 0 aliphatic carbocycles. The van der Waals surface area contributed by atoms with E-state index >= 15 is 0 Å². The molecule has 1 N–H and O–H groups in total. The maximum Gasteiger partial charge on any atom is 0.267 e. The summed E-state index contributed by atoms with van der Waals surface area (Å²) in [5.41, 5.74) is 1.04. The zero-order valence-corrected chi connectivity index (χ0v) is 9.09. The maximum atomic E-state index is 11.7. The van der Waals surface area contributed by atoms with Gasteiger partial charge in [0.05, 0.1) is 4.90 Å². The lowest BCUT2D eigenvalue weighted by Gasteiger charge is -2.01. The molecule has 0 unspecified atom stereocenters. The molecular weight excluding hydrogens is 204 g/mol. The van der Waals surface area contributed by atoms with Crippen molar-refractivity contribution in [3.05, 3.63) is 20.8 Å². The standard InChI is InChI=1S/C8H10N2OS2/c1-4-3-5-6(13-4)7(11)10(2)8(12)9-5/h4H,3H2,1-2H3,(H,9,12)/t4-/m0/s1. The van der Waals surface area contributed by atoms with Crippen molar-refractivity contribution in [2.45, 2.75) is 23.5 Å². The normalized spacial score (nSPS) is 20.3. The van der Waals surface area contributed by atoms with Crippen LogP contribution in [0.25, 0.3) is 0 Å². The van der Waals surface area contributed by atoms with E-state index in [0.717, 1.165) is 17.0 Å². The van der Waals surface area contributed by atoms with Crippen LogP contribution in [0.1, 0.15) is 12.6 Å². The largest absolute Gasteiger partial charge is 0.335 e. The van der Waals surface area contributed by atoms with Gasteiger partial charge in [0.25, 0.3) is 5.56 Å². The van der Waals surface area contributed by atoms with E-state index in [2.05, 4.69) is 11.9 Å². The van der Waals surface area contributed by atoms with Crippen LogP contribution in [0.2, 0.25) is 0 Å². The predicted octanol–water partition coefficient (Wildman–Crippen LogP) is 1.48. The number of hydrogen-bond donors (Lipinski definition) is 1. The second kappa shape index (κ2) is 2.99. The molecule has 0 saturated heterocycles. The van der Waals surface area contributed by atoms with Gasteiger partial charge in [0, 0.05) is 24.4 Å². The van der Waals surface area contributed by atoms with Crippen molar-refractivity contribution in [2.75, 3.05) is 0 Å². The highest BCUT2D eigenvalue weighted by Crippen LogP contribution is 2.32. The Kier molecular flexibility index (Phi) is 2.08. The Hall–Kier alpha value is -0.550. The van der Waals surface area contributed by atoms with E-state index in [0.29, 0.717) is 10.0 Å². The molecule has 0 bridgehead atoms. The highest BCUT2D eigenvalue weighted by atomic mass is 32.2. The van der Waals surface area contributed by atoms with Crippen LogP contribution in [0.4, 0.5) is 0 Å². The molecule has 0 radical (unpaired) electrons. The topological polar surface area (TPSA) is 37.8 Å². The van der Waals surface area contributed by atoms with E-state index in [1.807, 2.05) is 0 Å². The van der Waals surface area contributed by atoms with Gasteiger partial charge < -0.3 is 4.98 Å². The minimum atomic E-state index is 0.0353. The van der Waals surface area contributed by atoms with Crippen molar-refractivity contribution in [3.8, 4) is 0 Å². The van der Waals surface area contributed by atoms with Gasteiger partial charge in [-0.2, -0.15) is 0 Å². The number of aromatic nitrogens is 2. The van der Waals surface area contributed by atoms with Crippen LogP contribution < -0.4 is 5.56 Å². The third-order valence-electron chi connectivity index (χ3n) is 2.15. The van der Waals surface area contributed by atoms with Gasteiger partial charge in [-0.15, -0.1) is 11.8 Å². The van der Waals surface area contributed by atoms with Crippen LogP contribution in [0.15, 0.2) is 9.69 Å². The molecule has 1 aromatic rings. The Morgan fingerprint density at radius 3 is 3.08 bits per heavy atom. The van der Waals surface area contributed by atoms with Crippen LogP contribution in [0.3, 0.4) is 0 Å². The fraction of sp³-hybridized carbons (Fsp3) is 0.500. The molecule has 13 heavy (non-hydrogen) atoms. The Bertz CT molecular complexity index is 460. The van der Waals surface area contributed by atoms with E-state index in [4.69, 9.17) is 12.2 Å². The van der Waals surface area contributed by atoms with Crippen molar-refractivity contribution in [1.82, 2.24) is 9.55 Å². The number of H-pyrrole nitrogens is 1. The Morgan fingerprint density at radius 1 is 1.69 bits per heavy atom. The van der Waals surface area contributed by atoms with E-state index < -0.39 is 0 Å². The predicted molar refractivity (Wildman–Crippen MR) is 55.9 cm³/mol. The zero-order valence-electron chi connectivity index (χ0n) is 7.46. The lowest BCUT2D eigenvalue weighted by atomic mass is 10.2. The SMILES string of the molecule is C[C@H]1Cc2[nH]c(=S)n(C)c(=O)c2S1. The number of nitrogens with one attached hydrogen (secondary N) is 1. The minimum absolute atomic E-state index is 0.0353. The third kappa shape index (κ3) is 1.36. The van der Waals surface area contributed by atoms with Crippen LogP contribution >= 0.6 is 24.0 Å². The Morgan fingerprint density at radius 2 is 2.38 bits per heavy atom. The van der Waals surface area contributed by atoms with Gasteiger partial charge >= 0.3 is 0 Å². The first-order valence-electron chi connectivity index (χ1n) is 4.08. The lowest BCUT2D eigenvalue weighted by molar-refractivity contribution is 0.749. The van der Waals surface area contributed by atoms with Crippen molar-refractivity contribution < 1.29 is 0 Å². The van der Waals surface area contributed by atoms with Gasteiger partial charge in [-0.3, -0.25) is 9.36 Å². The molecule has 1 aliphatic rings. The number of rotatable bonds is 0. The summed E-state index contributed by atoms with van der Waals surface area (Å²) >= 11 is 6.65. The number of fused-ring (bicyclic) bond motifs is 1. The van der Waals surface area contributed by atoms with E-state index in [1.54, 1.807) is 18.8 Å². The van der Waals surface area contributed by atoms with Gasteiger partial charge in [0.1, 0.15) is 0 Å². The molecule has 0 amide bonds. The van der Waals surface area contributed by atoms with Gasteiger partial charge in [-0.05, 0) is 12.2 Å². The van der Waals surface area contributed by atoms with Crippen molar-refractivity contribution in [3.63, 3.8) is 0 Å². The molecule has 5 heteroatoms. The van der Waals surface area contributed by atoms with Gasteiger partial charge in [0.2, 0.25) is 0 Å². The maximum absolute atomic E-state index is 11.7. The van der Waals surface area contributed by atoms with Crippen molar-refractivity contribution in [2.24, 2.45) is 7.05 Å². The zero-order chi connectivity index (χ0) is 9.59. The average Bonchev–Trinajstić information content (AvgIpc) is 2.42. The number of nitrogens with zero attached hydrogens (tertiary/aromatic N) is 1. The van der Waals surface area contributed by atoms with Gasteiger partial charge in [-0.1, -0.05) is 6.92 Å². The molecule has 0 spiro atoms. The molecule has 1 aromatic heterocycles. The summed E-state index contributed by atoms with van der Waals surface area (Å²) in [6, 6.07) is 0. The average molecular weight is 214 g/mol. The first-order chi connectivity index (χ1) is 6.09. The monoisotopic (exact) mass is 214 g/mol. The quantitative estimate of drug-likeness (QED) is 0.665. The summed E-state index contributed by atoms with van der Waals surface area (Å²) in [5, 5.41) is 0.482. The summed E-state index contributed by atoms with van der Waals surface area (Å²) < 4.78 is 2.00. The second-order valence-corrected chi connectivity index (χ2v) is 5.07. The van der Waals surface area contributed by atoms with Crippen LogP contribution in [0, 0.1) is 4.77 Å². The first-order valence-corrected chi connectivity index (χ1v) is 5.37. The number of hydrogen-bond acceptors (Lipinski definition) is 3. The molecular formula is C8H10N2OS2. The summed E-state index contributed by atoms with van der Waals surface area (Å²) in [6.45, 7) is 2.11. The van der Waals surface area contributed by atoms with E-state index in [1.165, 1.54) is 4.57 Å². The molecule has 70 valence electrons. The minimum Gasteiger partial charge on any atom is -0.335 e. The fourth-order valence-corrected chi connectivity index (χ4v) is 2.81. The Balaban J connectivity index is 2.74. The summed E-state index contributed by atoms with van der Waals surface area (Å²) in [5.74, 6) is 0. The van der Waals surface area contributed by atoms with Crippen molar-refractivity contribution >= 4 is 24.0 Å². The Labute approximate surface area is 85.2 Å². The highest BCUT2D eigenvalue weighted by molar-refractivity contribution is 8.00. The lowest BCUT2D eigenvalue weighted by Crippen LogP contribution is -2.20. The van der Waals surface area contributed by atoms with Gasteiger partial charge in [0.15, 0.2) is 4.77 Å². The van der Waals surface area contributed by atoms with Crippen LogP contribution in [-0.4, -0.2) is 14.8 Å². The summed E-state index contributed by atoms with van der Waals surface area (Å²) in [4.78, 5) is 15.6.